The number of fused-ring (bicyclic) bond motifs is 1. The van der Waals surface area contributed by atoms with Crippen LogP contribution in [0.4, 0.5) is 5.69 Å². The van der Waals surface area contributed by atoms with Crippen LogP contribution in [0.2, 0.25) is 0 Å². The van der Waals surface area contributed by atoms with E-state index in [2.05, 4.69) is 5.32 Å². The van der Waals surface area contributed by atoms with Crippen LogP contribution in [-0.4, -0.2) is 31.7 Å². The van der Waals surface area contributed by atoms with Crippen molar-refractivity contribution >= 4 is 32.4 Å². The number of nitrogens with one attached hydrogen (secondary N) is 1. The Hall–Kier alpha value is -2.70. The SMILES string of the molecule is Cc1ccc(C)c(NC(=O)[C@@H]2CCCN(S(=O)(=O)c3ccc4ccccc4c3)C2)c1. The van der Waals surface area contributed by atoms with Gasteiger partial charge in [0.05, 0.1) is 10.8 Å². The van der Waals surface area contributed by atoms with Gasteiger partial charge in [-0.3, -0.25) is 4.79 Å². The molecule has 0 saturated carbocycles. The van der Waals surface area contributed by atoms with Crippen LogP contribution in [0.5, 0.6) is 0 Å². The smallest absolute Gasteiger partial charge is 0.243 e. The zero-order valence-corrected chi connectivity index (χ0v) is 18.1. The molecule has 6 heteroatoms. The lowest BCUT2D eigenvalue weighted by Gasteiger charge is -2.31. The number of carbonyl (C=O) groups is 1. The third kappa shape index (κ3) is 4.11. The van der Waals surface area contributed by atoms with Crippen LogP contribution in [0, 0.1) is 19.8 Å². The third-order valence-corrected chi connectivity index (χ3v) is 7.63. The van der Waals surface area contributed by atoms with Crippen molar-refractivity contribution in [2.75, 3.05) is 18.4 Å². The monoisotopic (exact) mass is 422 g/mol. The summed E-state index contributed by atoms with van der Waals surface area (Å²) >= 11 is 0. The maximum absolute atomic E-state index is 13.3. The molecule has 0 bridgehead atoms. The number of carbonyl (C=O) groups excluding carboxylic acids is 1. The van der Waals surface area contributed by atoms with Gasteiger partial charge in [-0.2, -0.15) is 4.31 Å². The Balaban J connectivity index is 1.53. The number of aryl methyl sites for hydroxylation is 2. The molecule has 3 aromatic carbocycles. The molecular weight excluding hydrogens is 396 g/mol. The Kier molecular flexibility index (Phi) is 5.62. The molecule has 3 aromatic rings. The fraction of sp³-hybridized carbons (Fsp3) is 0.292. The van der Waals surface area contributed by atoms with Crippen molar-refractivity contribution in [3.8, 4) is 0 Å². The molecule has 30 heavy (non-hydrogen) atoms. The average Bonchev–Trinajstić information content (AvgIpc) is 2.76. The molecule has 0 radical (unpaired) electrons. The zero-order chi connectivity index (χ0) is 21.3. The molecule has 1 aliphatic rings. The summed E-state index contributed by atoms with van der Waals surface area (Å²) < 4.78 is 28.0. The summed E-state index contributed by atoms with van der Waals surface area (Å²) in [5.74, 6) is -0.490. The molecule has 0 spiro atoms. The summed E-state index contributed by atoms with van der Waals surface area (Å²) in [7, 11) is -3.65. The topological polar surface area (TPSA) is 66.5 Å². The Morgan fingerprint density at radius 2 is 1.77 bits per heavy atom. The summed E-state index contributed by atoms with van der Waals surface area (Å²) in [6, 6.07) is 18.8. The van der Waals surface area contributed by atoms with Gasteiger partial charge in [0, 0.05) is 18.8 Å². The van der Waals surface area contributed by atoms with E-state index in [1.807, 2.05) is 62.4 Å². The average molecular weight is 423 g/mol. The lowest BCUT2D eigenvalue weighted by atomic mass is 9.98. The third-order valence-electron chi connectivity index (χ3n) is 5.76. The van der Waals surface area contributed by atoms with Gasteiger partial charge in [0.2, 0.25) is 15.9 Å². The lowest BCUT2D eigenvalue weighted by molar-refractivity contribution is -0.120. The lowest BCUT2D eigenvalue weighted by Crippen LogP contribution is -2.43. The molecule has 1 amide bonds. The Morgan fingerprint density at radius 3 is 2.57 bits per heavy atom. The van der Waals surface area contributed by atoms with E-state index >= 15 is 0 Å². The van der Waals surface area contributed by atoms with Crippen LogP contribution >= 0.6 is 0 Å². The molecule has 1 aliphatic heterocycles. The zero-order valence-electron chi connectivity index (χ0n) is 17.3. The highest BCUT2D eigenvalue weighted by atomic mass is 32.2. The predicted molar refractivity (Wildman–Crippen MR) is 120 cm³/mol. The summed E-state index contributed by atoms with van der Waals surface area (Å²) in [4.78, 5) is 13.2. The van der Waals surface area contributed by atoms with Crippen molar-refractivity contribution in [3.63, 3.8) is 0 Å². The molecule has 1 heterocycles. The number of benzene rings is 3. The molecule has 0 aliphatic carbocycles. The fourth-order valence-corrected chi connectivity index (χ4v) is 5.52. The quantitative estimate of drug-likeness (QED) is 0.673. The number of rotatable bonds is 4. The minimum Gasteiger partial charge on any atom is -0.326 e. The van der Waals surface area contributed by atoms with Crippen LogP contribution in [0.3, 0.4) is 0 Å². The highest BCUT2D eigenvalue weighted by molar-refractivity contribution is 7.89. The van der Waals surface area contributed by atoms with E-state index in [1.165, 1.54) is 4.31 Å². The summed E-state index contributed by atoms with van der Waals surface area (Å²) in [6.07, 6.45) is 1.35. The summed E-state index contributed by atoms with van der Waals surface area (Å²) in [5.41, 5.74) is 2.85. The molecule has 156 valence electrons. The molecule has 0 unspecified atom stereocenters. The van der Waals surface area contributed by atoms with E-state index in [-0.39, 0.29) is 23.3 Å². The molecular formula is C24H26N2O3S. The highest BCUT2D eigenvalue weighted by Crippen LogP contribution is 2.27. The number of hydrogen-bond acceptors (Lipinski definition) is 3. The Labute approximate surface area is 177 Å². The van der Waals surface area contributed by atoms with E-state index in [0.717, 1.165) is 27.6 Å². The first-order valence-corrected chi connectivity index (χ1v) is 11.7. The van der Waals surface area contributed by atoms with E-state index in [9.17, 15) is 13.2 Å². The standard InChI is InChI=1S/C24H26N2O3S/c1-17-9-10-18(2)23(14-17)25-24(27)21-8-5-13-26(16-21)30(28,29)22-12-11-19-6-3-4-7-20(19)15-22/h3-4,6-7,9-12,14-15,21H,5,8,13,16H2,1-2H3,(H,25,27)/t21-/m1/s1. The molecule has 1 atom stereocenters. The van der Waals surface area contributed by atoms with Gasteiger partial charge < -0.3 is 5.32 Å². The van der Waals surface area contributed by atoms with Crippen LogP contribution in [0.15, 0.2) is 65.6 Å². The van der Waals surface area contributed by atoms with Crippen molar-refractivity contribution in [2.45, 2.75) is 31.6 Å². The largest absolute Gasteiger partial charge is 0.326 e. The predicted octanol–water partition coefficient (Wildman–Crippen LogP) is 4.50. The number of sulfonamides is 1. The minimum absolute atomic E-state index is 0.123. The van der Waals surface area contributed by atoms with Gasteiger partial charge in [0.15, 0.2) is 0 Å². The summed E-state index contributed by atoms with van der Waals surface area (Å²) in [5, 5.41) is 4.89. The van der Waals surface area contributed by atoms with Gasteiger partial charge in [-0.1, -0.05) is 42.5 Å². The second kappa shape index (κ2) is 8.20. The van der Waals surface area contributed by atoms with Gasteiger partial charge in [0.1, 0.15) is 0 Å². The first-order valence-electron chi connectivity index (χ1n) is 10.2. The molecule has 0 aromatic heterocycles. The van der Waals surface area contributed by atoms with Gasteiger partial charge in [-0.15, -0.1) is 0 Å². The van der Waals surface area contributed by atoms with E-state index in [1.54, 1.807) is 12.1 Å². The summed E-state index contributed by atoms with van der Waals surface area (Å²) in [6.45, 7) is 4.56. The number of hydrogen-bond donors (Lipinski definition) is 1. The molecule has 1 N–H and O–H groups in total. The van der Waals surface area contributed by atoms with Crippen LogP contribution in [0.1, 0.15) is 24.0 Å². The number of nitrogens with zero attached hydrogens (tertiary/aromatic N) is 1. The minimum atomic E-state index is -3.65. The maximum atomic E-state index is 13.3. The first kappa shape index (κ1) is 20.6. The molecule has 1 fully saturated rings. The van der Waals surface area contributed by atoms with Crippen LogP contribution in [0.25, 0.3) is 10.8 Å². The first-order chi connectivity index (χ1) is 14.3. The maximum Gasteiger partial charge on any atom is 0.243 e. The second-order valence-electron chi connectivity index (χ2n) is 8.02. The second-order valence-corrected chi connectivity index (χ2v) is 9.96. The fourth-order valence-electron chi connectivity index (χ4n) is 3.96. The van der Waals surface area contributed by atoms with Crippen molar-refractivity contribution in [2.24, 2.45) is 5.92 Å². The normalized spacial score (nSPS) is 17.7. The van der Waals surface area contributed by atoms with E-state index in [4.69, 9.17) is 0 Å². The molecule has 5 nitrogen and oxygen atoms in total. The van der Waals surface area contributed by atoms with Crippen molar-refractivity contribution in [3.05, 3.63) is 71.8 Å². The van der Waals surface area contributed by atoms with Crippen LogP contribution in [-0.2, 0) is 14.8 Å². The van der Waals surface area contributed by atoms with E-state index in [0.29, 0.717) is 19.4 Å². The van der Waals surface area contributed by atoms with E-state index < -0.39 is 10.0 Å². The molecule has 4 rings (SSSR count). The van der Waals surface area contributed by atoms with Crippen molar-refractivity contribution < 1.29 is 13.2 Å². The van der Waals surface area contributed by atoms with Crippen molar-refractivity contribution in [1.29, 1.82) is 0 Å². The highest BCUT2D eigenvalue weighted by Gasteiger charge is 2.33. The van der Waals surface area contributed by atoms with Gasteiger partial charge >= 0.3 is 0 Å². The van der Waals surface area contributed by atoms with Gasteiger partial charge in [0.25, 0.3) is 0 Å². The van der Waals surface area contributed by atoms with Crippen molar-refractivity contribution in [1.82, 2.24) is 4.31 Å². The van der Waals surface area contributed by atoms with Gasteiger partial charge in [-0.25, -0.2) is 8.42 Å². The Bertz CT molecular complexity index is 1200. The number of piperidine rings is 1. The Morgan fingerprint density at radius 1 is 1.00 bits per heavy atom. The number of anilines is 1. The van der Waals surface area contributed by atoms with Gasteiger partial charge in [-0.05, 0) is 66.8 Å². The number of amides is 1. The van der Waals surface area contributed by atoms with Crippen LogP contribution < -0.4 is 5.32 Å². The molecule has 1 saturated heterocycles.